The van der Waals surface area contributed by atoms with Gasteiger partial charge in [-0.2, -0.15) is 0 Å². The maximum atomic E-state index is 12.7. The highest BCUT2D eigenvalue weighted by molar-refractivity contribution is 5.85. The molecule has 1 aromatic heterocycles. The number of likely N-dealkylation sites (tertiary alicyclic amines) is 2. The Labute approximate surface area is 136 Å². The summed E-state index contributed by atoms with van der Waals surface area (Å²) in [7, 11) is 3.23. The fraction of sp³-hybridized carbons (Fsp3) is 0.688. The van der Waals surface area contributed by atoms with Crippen LogP contribution in [0.2, 0.25) is 0 Å². The lowest BCUT2D eigenvalue weighted by Crippen LogP contribution is -2.38. The van der Waals surface area contributed by atoms with Gasteiger partial charge < -0.3 is 14.4 Å². The monoisotopic (exact) mass is 320 g/mol. The summed E-state index contributed by atoms with van der Waals surface area (Å²) in [5.41, 5.74) is 0.852. The van der Waals surface area contributed by atoms with Gasteiger partial charge in [0, 0.05) is 51.2 Å². The molecule has 0 aromatic carbocycles. The van der Waals surface area contributed by atoms with Gasteiger partial charge in [0.25, 0.3) is 0 Å². The summed E-state index contributed by atoms with van der Waals surface area (Å²) in [6.07, 6.45) is 5.47. The lowest BCUT2D eigenvalue weighted by molar-refractivity contribution is -0.136. The van der Waals surface area contributed by atoms with Crippen molar-refractivity contribution in [2.24, 2.45) is 5.41 Å². The molecule has 2 saturated heterocycles. The summed E-state index contributed by atoms with van der Waals surface area (Å²) in [5.74, 6) is 0.294. The van der Waals surface area contributed by atoms with Gasteiger partial charge in [0.05, 0.1) is 19.1 Å². The van der Waals surface area contributed by atoms with Crippen LogP contribution in [0.3, 0.4) is 0 Å². The second-order valence-corrected chi connectivity index (χ2v) is 6.35. The average molecular weight is 320 g/mol. The van der Waals surface area contributed by atoms with Gasteiger partial charge in [-0.05, 0) is 19.4 Å². The highest BCUT2D eigenvalue weighted by Gasteiger charge is 2.50. The Balaban J connectivity index is 1.58. The molecule has 0 saturated carbocycles. The van der Waals surface area contributed by atoms with Crippen molar-refractivity contribution in [2.45, 2.75) is 19.4 Å². The predicted octanol–water partition coefficient (Wildman–Crippen LogP) is 0.556. The smallest absolute Gasteiger partial charge is 0.316 e. The molecule has 0 radical (unpaired) electrons. The predicted molar refractivity (Wildman–Crippen MR) is 84.0 cm³/mol. The van der Waals surface area contributed by atoms with Crippen LogP contribution in [0.15, 0.2) is 12.4 Å². The fourth-order valence-electron chi connectivity index (χ4n) is 3.57. The number of carbonyl (C=O) groups is 1. The van der Waals surface area contributed by atoms with Crippen molar-refractivity contribution in [3.8, 4) is 6.01 Å². The van der Waals surface area contributed by atoms with Gasteiger partial charge in [0.1, 0.15) is 0 Å². The van der Waals surface area contributed by atoms with Crippen LogP contribution in [0.4, 0.5) is 0 Å². The maximum absolute atomic E-state index is 12.7. The Morgan fingerprint density at radius 3 is 2.65 bits per heavy atom. The zero-order valence-electron chi connectivity index (χ0n) is 13.8. The first-order valence-corrected chi connectivity index (χ1v) is 8.02. The lowest BCUT2D eigenvalue weighted by Gasteiger charge is -2.23. The van der Waals surface area contributed by atoms with Gasteiger partial charge in [0.15, 0.2) is 0 Å². The van der Waals surface area contributed by atoms with Gasteiger partial charge in [-0.1, -0.05) is 0 Å². The number of rotatable bonds is 6. The molecule has 126 valence electrons. The number of amides is 1. The number of hydrogen-bond donors (Lipinski definition) is 0. The Hall–Kier alpha value is -1.73. The summed E-state index contributed by atoms with van der Waals surface area (Å²) in [5, 5.41) is 0. The van der Waals surface area contributed by atoms with E-state index in [1.165, 1.54) is 0 Å². The van der Waals surface area contributed by atoms with E-state index < -0.39 is 0 Å². The van der Waals surface area contributed by atoms with Crippen LogP contribution in [0.25, 0.3) is 0 Å². The SMILES string of the molecule is COCCN1CCC2(CCN(Cc3cnc(OC)nc3)C2)C1=O. The van der Waals surface area contributed by atoms with Crippen LogP contribution in [-0.4, -0.2) is 72.7 Å². The minimum atomic E-state index is -0.193. The largest absolute Gasteiger partial charge is 0.467 e. The number of aromatic nitrogens is 2. The van der Waals surface area contributed by atoms with E-state index in [-0.39, 0.29) is 5.41 Å². The van der Waals surface area contributed by atoms with Crippen molar-refractivity contribution in [1.82, 2.24) is 19.8 Å². The average Bonchev–Trinajstić information content (AvgIpc) is 3.12. The Morgan fingerprint density at radius 2 is 1.96 bits per heavy atom. The minimum absolute atomic E-state index is 0.193. The van der Waals surface area contributed by atoms with Crippen molar-refractivity contribution in [2.75, 3.05) is 47.0 Å². The third-order valence-electron chi connectivity index (χ3n) is 4.87. The van der Waals surface area contributed by atoms with Crippen molar-refractivity contribution in [1.29, 1.82) is 0 Å². The molecule has 0 aliphatic carbocycles. The third-order valence-corrected chi connectivity index (χ3v) is 4.87. The molecule has 7 heteroatoms. The van der Waals surface area contributed by atoms with Crippen molar-refractivity contribution < 1.29 is 14.3 Å². The Morgan fingerprint density at radius 1 is 1.22 bits per heavy atom. The fourth-order valence-corrected chi connectivity index (χ4v) is 3.57. The van der Waals surface area contributed by atoms with E-state index in [1.807, 2.05) is 4.90 Å². The first-order chi connectivity index (χ1) is 11.2. The molecule has 3 rings (SSSR count). The molecular weight excluding hydrogens is 296 g/mol. The molecule has 1 atom stereocenters. The number of ether oxygens (including phenoxy) is 2. The highest BCUT2D eigenvalue weighted by Crippen LogP contribution is 2.40. The van der Waals surface area contributed by atoms with Crippen LogP contribution in [0.1, 0.15) is 18.4 Å². The topological polar surface area (TPSA) is 67.8 Å². The number of hydrogen-bond acceptors (Lipinski definition) is 6. The third kappa shape index (κ3) is 3.30. The molecule has 2 aliphatic rings. The van der Waals surface area contributed by atoms with E-state index in [0.717, 1.165) is 44.6 Å². The molecule has 3 heterocycles. The molecule has 23 heavy (non-hydrogen) atoms. The zero-order chi connectivity index (χ0) is 16.3. The second kappa shape index (κ2) is 6.80. The summed E-state index contributed by atoms with van der Waals surface area (Å²) in [6.45, 7) is 4.69. The summed E-state index contributed by atoms with van der Waals surface area (Å²) < 4.78 is 10.1. The van der Waals surface area contributed by atoms with Crippen molar-refractivity contribution in [3.63, 3.8) is 0 Å². The first-order valence-electron chi connectivity index (χ1n) is 8.02. The molecule has 0 bridgehead atoms. The number of carbonyl (C=O) groups excluding carboxylic acids is 1. The standard InChI is InChI=1S/C16H24N4O3/c1-22-8-7-20-6-4-16(14(20)21)3-5-19(12-16)11-13-9-17-15(23-2)18-10-13/h9-10H,3-8,11-12H2,1-2H3. The number of nitrogens with zero attached hydrogens (tertiary/aromatic N) is 4. The molecule has 1 amide bonds. The molecule has 2 fully saturated rings. The summed E-state index contributed by atoms with van der Waals surface area (Å²) in [6, 6.07) is 0.381. The van der Waals surface area contributed by atoms with Gasteiger partial charge in [-0.15, -0.1) is 0 Å². The summed E-state index contributed by atoms with van der Waals surface area (Å²) >= 11 is 0. The van der Waals surface area contributed by atoms with Crippen molar-refractivity contribution >= 4 is 5.91 Å². The maximum Gasteiger partial charge on any atom is 0.316 e. The zero-order valence-corrected chi connectivity index (χ0v) is 13.8. The molecule has 1 unspecified atom stereocenters. The van der Waals surface area contributed by atoms with Crippen LogP contribution < -0.4 is 4.74 Å². The van der Waals surface area contributed by atoms with E-state index in [1.54, 1.807) is 26.6 Å². The first kappa shape index (κ1) is 16.1. The molecule has 2 aliphatic heterocycles. The van der Waals surface area contributed by atoms with E-state index in [9.17, 15) is 4.79 Å². The molecule has 0 N–H and O–H groups in total. The quantitative estimate of drug-likeness (QED) is 0.763. The van der Waals surface area contributed by atoms with E-state index in [2.05, 4.69) is 14.9 Å². The van der Waals surface area contributed by atoms with Crippen LogP contribution in [0.5, 0.6) is 6.01 Å². The lowest BCUT2D eigenvalue weighted by atomic mass is 9.85. The Kier molecular flexibility index (Phi) is 4.77. The number of methoxy groups -OCH3 is 2. The van der Waals surface area contributed by atoms with Gasteiger partial charge >= 0.3 is 6.01 Å². The van der Waals surface area contributed by atoms with Gasteiger partial charge in [-0.3, -0.25) is 9.69 Å². The van der Waals surface area contributed by atoms with Crippen LogP contribution in [0, 0.1) is 5.41 Å². The van der Waals surface area contributed by atoms with E-state index in [0.29, 0.717) is 25.1 Å². The van der Waals surface area contributed by atoms with Gasteiger partial charge in [-0.25, -0.2) is 9.97 Å². The minimum Gasteiger partial charge on any atom is -0.467 e. The molecule has 1 aromatic rings. The Bertz CT molecular complexity index is 551. The van der Waals surface area contributed by atoms with Crippen LogP contribution in [-0.2, 0) is 16.1 Å². The van der Waals surface area contributed by atoms with E-state index >= 15 is 0 Å². The molecule has 7 nitrogen and oxygen atoms in total. The second-order valence-electron chi connectivity index (χ2n) is 6.35. The molecule has 1 spiro atoms. The van der Waals surface area contributed by atoms with Crippen molar-refractivity contribution in [3.05, 3.63) is 18.0 Å². The van der Waals surface area contributed by atoms with Crippen LogP contribution >= 0.6 is 0 Å². The van der Waals surface area contributed by atoms with E-state index in [4.69, 9.17) is 9.47 Å². The summed E-state index contributed by atoms with van der Waals surface area (Å²) in [4.78, 5) is 25.3. The van der Waals surface area contributed by atoms with Gasteiger partial charge in [0.2, 0.25) is 5.91 Å². The molecular formula is C16H24N4O3. The highest BCUT2D eigenvalue weighted by atomic mass is 16.5. The normalized spacial score (nSPS) is 24.8.